The number of hydrogen-bond donors (Lipinski definition) is 0. The summed E-state index contributed by atoms with van der Waals surface area (Å²) in [5.41, 5.74) is 3.97. The zero-order valence-corrected chi connectivity index (χ0v) is 11.6. The van der Waals surface area contributed by atoms with Crippen molar-refractivity contribution in [3.8, 4) is 5.75 Å². The van der Waals surface area contributed by atoms with Gasteiger partial charge in [0.25, 0.3) is 0 Å². The molecule has 2 heteroatoms. The largest absolute Gasteiger partial charge is 0.423 e. The van der Waals surface area contributed by atoms with E-state index < -0.39 is 0 Å². The van der Waals surface area contributed by atoms with Gasteiger partial charge in [0.15, 0.2) is 0 Å². The molecule has 0 unspecified atom stereocenters. The Morgan fingerprint density at radius 1 is 1.00 bits per heavy atom. The van der Waals surface area contributed by atoms with Crippen molar-refractivity contribution in [1.82, 2.24) is 0 Å². The van der Waals surface area contributed by atoms with Crippen LogP contribution in [0.25, 0.3) is 0 Å². The minimum Gasteiger partial charge on any atom is -0.423 e. The third-order valence-corrected chi connectivity index (χ3v) is 3.00. The maximum atomic E-state index is 12.0. The molecule has 0 aliphatic carbocycles. The standard InChI is InChI=1S/C17H18O2/c1-4-14-5-7-15(8-6-14)17(18)19-16-10-12(2)9-13(3)11-16/h5-11H,4H2,1-3H3. The molecule has 2 rings (SSSR count). The number of carbonyl (C=O) groups is 1. The van der Waals surface area contributed by atoms with Crippen LogP contribution in [-0.2, 0) is 6.42 Å². The zero-order valence-electron chi connectivity index (χ0n) is 11.6. The van der Waals surface area contributed by atoms with Gasteiger partial charge in [0.1, 0.15) is 5.75 Å². The minimum atomic E-state index is -0.312. The highest BCUT2D eigenvalue weighted by Gasteiger charge is 2.08. The monoisotopic (exact) mass is 254 g/mol. The molecule has 0 saturated carbocycles. The fourth-order valence-corrected chi connectivity index (χ4v) is 2.03. The summed E-state index contributed by atoms with van der Waals surface area (Å²) >= 11 is 0. The number of benzene rings is 2. The molecule has 2 nitrogen and oxygen atoms in total. The van der Waals surface area contributed by atoms with Gasteiger partial charge in [-0.3, -0.25) is 0 Å². The number of esters is 1. The second-order valence-corrected chi connectivity index (χ2v) is 4.76. The van der Waals surface area contributed by atoms with E-state index in [0.29, 0.717) is 11.3 Å². The van der Waals surface area contributed by atoms with E-state index in [4.69, 9.17) is 4.74 Å². The molecule has 0 radical (unpaired) electrons. The van der Waals surface area contributed by atoms with Gasteiger partial charge in [-0.15, -0.1) is 0 Å². The lowest BCUT2D eigenvalue weighted by Crippen LogP contribution is -2.08. The van der Waals surface area contributed by atoms with E-state index in [2.05, 4.69) is 6.92 Å². The molecule has 0 aliphatic rings. The summed E-state index contributed by atoms with van der Waals surface area (Å²) in [5.74, 6) is 0.287. The van der Waals surface area contributed by atoms with Crippen LogP contribution >= 0.6 is 0 Å². The van der Waals surface area contributed by atoms with Crippen molar-refractivity contribution in [2.45, 2.75) is 27.2 Å². The molecule has 0 atom stereocenters. The number of rotatable bonds is 3. The first kappa shape index (κ1) is 13.3. The van der Waals surface area contributed by atoms with Crippen LogP contribution in [-0.4, -0.2) is 5.97 Å². The molecule has 0 fully saturated rings. The zero-order chi connectivity index (χ0) is 13.8. The average Bonchev–Trinajstić information content (AvgIpc) is 2.37. The first-order chi connectivity index (χ1) is 9.08. The van der Waals surface area contributed by atoms with Crippen molar-refractivity contribution in [2.75, 3.05) is 0 Å². The molecule has 0 aliphatic heterocycles. The van der Waals surface area contributed by atoms with E-state index in [1.807, 2.05) is 56.3 Å². The highest BCUT2D eigenvalue weighted by molar-refractivity contribution is 5.91. The second-order valence-electron chi connectivity index (χ2n) is 4.76. The molecule has 2 aromatic rings. The molecular weight excluding hydrogens is 236 g/mol. The number of ether oxygens (including phenoxy) is 1. The van der Waals surface area contributed by atoms with Gasteiger partial charge in [0.05, 0.1) is 5.56 Å². The fraction of sp³-hybridized carbons (Fsp3) is 0.235. The van der Waals surface area contributed by atoms with Crippen LogP contribution in [0.2, 0.25) is 0 Å². The Labute approximate surface area is 114 Å². The van der Waals surface area contributed by atoms with Crippen LogP contribution in [0.3, 0.4) is 0 Å². The smallest absolute Gasteiger partial charge is 0.343 e. The molecule has 0 saturated heterocycles. The molecule has 0 heterocycles. The van der Waals surface area contributed by atoms with E-state index in [1.54, 1.807) is 0 Å². The van der Waals surface area contributed by atoms with Crippen molar-refractivity contribution in [3.63, 3.8) is 0 Å². The Balaban J connectivity index is 2.15. The SMILES string of the molecule is CCc1ccc(C(=O)Oc2cc(C)cc(C)c2)cc1. The Morgan fingerprint density at radius 2 is 1.58 bits per heavy atom. The summed E-state index contributed by atoms with van der Waals surface area (Å²) in [7, 11) is 0. The van der Waals surface area contributed by atoms with Crippen LogP contribution in [0, 0.1) is 13.8 Å². The predicted octanol–water partition coefficient (Wildman–Crippen LogP) is 4.09. The van der Waals surface area contributed by atoms with Crippen molar-refractivity contribution >= 4 is 5.97 Å². The Morgan fingerprint density at radius 3 is 2.11 bits per heavy atom. The lowest BCUT2D eigenvalue weighted by atomic mass is 10.1. The lowest BCUT2D eigenvalue weighted by Gasteiger charge is -2.07. The van der Waals surface area contributed by atoms with E-state index in [-0.39, 0.29) is 5.97 Å². The van der Waals surface area contributed by atoms with E-state index in [1.165, 1.54) is 5.56 Å². The Kier molecular flexibility index (Phi) is 4.00. The van der Waals surface area contributed by atoms with Crippen LogP contribution < -0.4 is 4.74 Å². The van der Waals surface area contributed by atoms with Gasteiger partial charge >= 0.3 is 5.97 Å². The number of hydrogen-bond acceptors (Lipinski definition) is 2. The third-order valence-electron chi connectivity index (χ3n) is 3.00. The summed E-state index contributed by atoms with van der Waals surface area (Å²) in [6.45, 7) is 6.06. The molecule has 0 spiro atoms. The van der Waals surface area contributed by atoms with Gasteiger partial charge in [-0.2, -0.15) is 0 Å². The normalized spacial score (nSPS) is 10.3. The number of carbonyl (C=O) groups excluding carboxylic acids is 1. The van der Waals surface area contributed by atoms with Gasteiger partial charge in [-0.05, 0) is 61.2 Å². The minimum absolute atomic E-state index is 0.312. The maximum Gasteiger partial charge on any atom is 0.343 e. The highest BCUT2D eigenvalue weighted by atomic mass is 16.5. The molecular formula is C17H18O2. The molecule has 0 N–H and O–H groups in total. The van der Waals surface area contributed by atoms with Crippen molar-refractivity contribution in [1.29, 1.82) is 0 Å². The lowest BCUT2D eigenvalue weighted by molar-refractivity contribution is 0.0734. The van der Waals surface area contributed by atoms with Crippen LogP contribution in [0.1, 0.15) is 34.0 Å². The molecule has 98 valence electrons. The second kappa shape index (κ2) is 5.70. The fourth-order valence-electron chi connectivity index (χ4n) is 2.03. The first-order valence-electron chi connectivity index (χ1n) is 6.48. The third kappa shape index (κ3) is 3.44. The summed E-state index contributed by atoms with van der Waals surface area (Å²) in [5, 5.41) is 0. The van der Waals surface area contributed by atoms with E-state index >= 15 is 0 Å². The summed E-state index contributed by atoms with van der Waals surface area (Å²) in [6.07, 6.45) is 0.965. The van der Waals surface area contributed by atoms with E-state index in [0.717, 1.165) is 17.5 Å². The highest BCUT2D eigenvalue weighted by Crippen LogP contribution is 2.18. The first-order valence-corrected chi connectivity index (χ1v) is 6.48. The van der Waals surface area contributed by atoms with Crippen molar-refractivity contribution in [3.05, 3.63) is 64.7 Å². The average molecular weight is 254 g/mol. The summed E-state index contributed by atoms with van der Waals surface area (Å²) in [4.78, 5) is 12.0. The van der Waals surface area contributed by atoms with Crippen LogP contribution in [0.4, 0.5) is 0 Å². The van der Waals surface area contributed by atoms with Crippen LogP contribution in [0.5, 0.6) is 5.75 Å². The molecule has 0 bridgehead atoms. The molecule has 0 amide bonds. The summed E-state index contributed by atoms with van der Waals surface area (Å²) in [6, 6.07) is 13.3. The Hall–Kier alpha value is -2.09. The van der Waals surface area contributed by atoms with Gasteiger partial charge in [0.2, 0.25) is 0 Å². The topological polar surface area (TPSA) is 26.3 Å². The quantitative estimate of drug-likeness (QED) is 0.609. The van der Waals surface area contributed by atoms with Gasteiger partial charge in [0, 0.05) is 0 Å². The van der Waals surface area contributed by atoms with Crippen molar-refractivity contribution < 1.29 is 9.53 Å². The van der Waals surface area contributed by atoms with Gasteiger partial charge in [-0.25, -0.2) is 4.79 Å². The van der Waals surface area contributed by atoms with Crippen molar-refractivity contribution in [2.24, 2.45) is 0 Å². The van der Waals surface area contributed by atoms with E-state index in [9.17, 15) is 4.79 Å². The molecule has 2 aromatic carbocycles. The van der Waals surface area contributed by atoms with Crippen LogP contribution in [0.15, 0.2) is 42.5 Å². The summed E-state index contributed by atoms with van der Waals surface area (Å²) < 4.78 is 5.40. The van der Waals surface area contributed by atoms with Gasteiger partial charge in [-0.1, -0.05) is 25.1 Å². The maximum absolute atomic E-state index is 12.0. The molecule has 0 aromatic heterocycles. The Bertz CT molecular complexity index is 562. The molecule has 19 heavy (non-hydrogen) atoms. The van der Waals surface area contributed by atoms with Gasteiger partial charge < -0.3 is 4.74 Å². The predicted molar refractivity (Wildman–Crippen MR) is 76.7 cm³/mol. The number of aryl methyl sites for hydroxylation is 3.